The SMILES string of the molecule is CCc1cccc(OCC(=O)N(CC(C)C(=O)OC)C2CCCCCC2)c1. The summed E-state index contributed by atoms with van der Waals surface area (Å²) in [6.07, 6.45) is 7.59. The van der Waals surface area contributed by atoms with E-state index in [1.165, 1.54) is 25.5 Å². The minimum atomic E-state index is -0.342. The van der Waals surface area contributed by atoms with Crippen LogP contribution in [0.4, 0.5) is 0 Å². The van der Waals surface area contributed by atoms with Gasteiger partial charge in [-0.25, -0.2) is 0 Å². The number of aryl methyl sites for hydroxylation is 1. The first-order valence-corrected chi connectivity index (χ1v) is 10.1. The molecule has 1 fully saturated rings. The van der Waals surface area contributed by atoms with E-state index in [2.05, 4.69) is 6.92 Å². The Hall–Kier alpha value is -2.04. The number of nitrogens with zero attached hydrogens (tertiary/aromatic N) is 1. The molecule has 1 saturated carbocycles. The second-order valence-corrected chi connectivity index (χ2v) is 7.41. The lowest BCUT2D eigenvalue weighted by molar-refractivity contribution is -0.147. The van der Waals surface area contributed by atoms with Crippen LogP contribution in [0.15, 0.2) is 24.3 Å². The molecular weight excluding hydrogens is 342 g/mol. The molecule has 1 unspecified atom stereocenters. The first-order valence-electron chi connectivity index (χ1n) is 10.1. The summed E-state index contributed by atoms with van der Waals surface area (Å²) in [5.41, 5.74) is 1.18. The zero-order chi connectivity index (χ0) is 19.6. The van der Waals surface area contributed by atoms with Crippen molar-refractivity contribution in [3.63, 3.8) is 0 Å². The summed E-state index contributed by atoms with van der Waals surface area (Å²) in [6.45, 7) is 4.28. The topological polar surface area (TPSA) is 55.8 Å². The second kappa shape index (κ2) is 11.0. The molecule has 0 aromatic heterocycles. The maximum atomic E-state index is 13.0. The van der Waals surface area contributed by atoms with Gasteiger partial charge < -0.3 is 14.4 Å². The Labute approximate surface area is 163 Å². The predicted octanol–water partition coefficient (Wildman–Crippen LogP) is 3.99. The Morgan fingerprint density at radius 1 is 1.19 bits per heavy atom. The number of carbonyl (C=O) groups excluding carboxylic acids is 2. The molecule has 0 N–H and O–H groups in total. The Balaban J connectivity index is 2.05. The molecule has 0 spiro atoms. The lowest BCUT2D eigenvalue weighted by atomic mass is 10.0. The monoisotopic (exact) mass is 375 g/mol. The Morgan fingerprint density at radius 3 is 2.52 bits per heavy atom. The van der Waals surface area contributed by atoms with Crippen LogP contribution in [0.5, 0.6) is 5.75 Å². The number of ether oxygens (including phenoxy) is 2. The fraction of sp³-hybridized carbons (Fsp3) is 0.636. The summed E-state index contributed by atoms with van der Waals surface area (Å²) in [5.74, 6) is 0.0349. The third kappa shape index (κ3) is 6.56. The van der Waals surface area contributed by atoms with E-state index in [9.17, 15) is 9.59 Å². The fourth-order valence-electron chi connectivity index (χ4n) is 3.68. The van der Waals surface area contributed by atoms with E-state index in [-0.39, 0.29) is 30.4 Å². The highest BCUT2D eigenvalue weighted by molar-refractivity contribution is 5.79. The summed E-state index contributed by atoms with van der Waals surface area (Å²) in [4.78, 5) is 26.7. The molecule has 1 aromatic rings. The molecule has 5 nitrogen and oxygen atoms in total. The molecule has 1 aromatic carbocycles. The van der Waals surface area contributed by atoms with E-state index < -0.39 is 0 Å². The highest BCUT2D eigenvalue weighted by atomic mass is 16.5. The molecule has 2 rings (SSSR count). The first-order chi connectivity index (χ1) is 13.0. The normalized spacial score (nSPS) is 16.3. The van der Waals surface area contributed by atoms with Crippen molar-refractivity contribution in [2.75, 3.05) is 20.3 Å². The largest absolute Gasteiger partial charge is 0.484 e. The van der Waals surface area contributed by atoms with Gasteiger partial charge in [-0.15, -0.1) is 0 Å². The Kier molecular flexibility index (Phi) is 8.62. The average Bonchev–Trinajstić information content (AvgIpc) is 2.98. The molecule has 0 heterocycles. The number of esters is 1. The third-order valence-corrected chi connectivity index (χ3v) is 5.33. The minimum absolute atomic E-state index is 0.00242. The number of amides is 1. The van der Waals surface area contributed by atoms with Crippen LogP contribution in [0, 0.1) is 5.92 Å². The van der Waals surface area contributed by atoms with Gasteiger partial charge in [0.15, 0.2) is 6.61 Å². The van der Waals surface area contributed by atoms with Crippen LogP contribution in [0.2, 0.25) is 0 Å². The van der Waals surface area contributed by atoms with Crippen LogP contribution >= 0.6 is 0 Å². The van der Waals surface area contributed by atoms with Crippen molar-refractivity contribution in [1.29, 1.82) is 0 Å². The van der Waals surface area contributed by atoms with Crippen LogP contribution in [0.3, 0.4) is 0 Å². The van der Waals surface area contributed by atoms with Crippen molar-refractivity contribution >= 4 is 11.9 Å². The molecule has 150 valence electrons. The van der Waals surface area contributed by atoms with Gasteiger partial charge in [0.25, 0.3) is 5.91 Å². The maximum absolute atomic E-state index is 13.0. The van der Waals surface area contributed by atoms with Crippen molar-refractivity contribution in [2.45, 2.75) is 64.8 Å². The summed E-state index contributed by atoms with van der Waals surface area (Å²) >= 11 is 0. The van der Waals surface area contributed by atoms with Crippen LogP contribution in [0.1, 0.15) is 57.9 Å². The van der Waals surface area contributed by atoms with Crippen LogP contribution in [-0.2, 0) is 20.7 Å². The van der Waals surface area contributed by atoms with Crippen LogP contribution in [0.25, 0.3) is 0 Å². The maximum Gasteiger partial charge on any atom is 0.310 e. The number of hydrogen-bond donors (Lipinski definition) is 0. The van der Waals surface area contributed by atoms with E-state index >= 15 is 0 Å². The zero-order valence-corrected chi connectivity index (χ0v) is 16.9. The Bertz CT molecular complexity index is 608. The number of carbonyl (C=O) groups is 2. The van der Waals surface area contributed by atoms with Gasteiger partial charge >= 0.3 is 5.97 Å². The van der Waals surface area contributed by atoms with Gasteiger partial charge in [0.1, 0.15) is 5.75 Å². The standard InChI is InChI=1S/C22H33NO4/c1-4-18-10-9-13-20(14-18)27-16-21(24)23(15-17(2)22(25)26-3)19-11-7-5-6-8-12-19/h9-10,13-14,17,19H,4-8,11-12,15-16H2,1-3H3. The van der Waals surface area contributed by atoms with Gasteiger partial charge in [0.05, 0.1) is 13.0 Å². The molecule has 5 heteroatoms. The number of hydrogen-bond acceptors (Lipinski definition) is 4. The van der Waals surface area contributed by atoms with E-state index in [0.29, 0.717) is 12.3 Å². The van der Waals surface area contributed by atoms with Crippen molar-refractivity contribution in [2.24, 2.45) is 5.92 Å². The molecule has 1 aliphatic rings. The van der Waals surface area contributed by atoms with E-state index in [1.54, 1.807) is 0 Å². The van der Waals surface area contributed by atoms with Gasteiger partial charge in [-0.05, 0) is 37.0 Å². The van der Waals surface area contributed by atoms with Crippen molar-refractivity contribution in [1.82, 2.24) is 4.90 Å². The molecule has 1 aliphatic carbocycles. The van der Waals surface area contributed by atoms with E-state index in [0.717, 1.165) is 32.1 Å². The molecule has 1 amide bonds. The highest BCUT2D eigenvalue weighted by Gasteiger charge is 2.28. The van der Waals surface area contributed by atoms with Gasteiger partial charge in [-0.2, -0.15) is 0 Å². The summed E-state index contributed by atoms with van der Waals surface area (Å²) in [7, 11) is 1.39. The third-order valence-electron chi connectivity index (χ3n) is 5.33. The number of benzene rings is 1. The van der Waals surface area contributed by atoms with E-state index in [4.69, 9.17) is 9.47 Å². The zero-order valence-electron chi connectivity index (χ0n) is 16.9. The molecule has 0 aliphatic heterocycles. The first kappa shape index (κ1) is 21.3. The smallest absolute Gasteiger partial charge is 0.310 e. The van der Waals surface area contributed by atoms with Crippen molar-refractivity contribution < 1.29 is 19.1 Å². The van der Waals surface area contributed by atoms with Crippen molar-refractivity contribution in [3.8, 4) is 5.75 Å². The minimum Gasteiger partial charge on any atom is -0.484 e. The predicted molar refractivity (Wildman–Crippen MR) is 106 cm³/mol. The lowest BCUT2D eigenvalue weighted by Gasteiger charge is -2.33. The van der Waals surface area contributed by atoms with Crippen LogP contribution in [-0.4, -0.2) is 43.1 Å². The summed E-state index contributed by atoms with van der Waals surface area (Å²) in [6, 6.07) is 8.02. The van der Waals surface area contributed by atoms with Gasteiger partial charge in [-0.1, -0.05) is 51.7 Å². The quantitative estimate of drug-likeness (QED) is 0.509. The molecule has 0 radical (unpaired) electrons. The molecule has 1 atom stereocenters. The lowest BCUT2D eigenvalue weighted by Crippen LogP contribution is -2.46. The average molecular weight is 376 g/mol. The van der Waals surface area contributed by atoms with Crippen LogP contribution < -0.4 is 4.74 Å². The summed E-state index contributed by atoms with van der Waals surface area (Å²) < 4.78 is 10.6. The van der Waals surface area contributed by atoms with Gasteiger partial charge in [0.2, 0.25) is 0 Å². The molecule has 0 saturated heterocycles. The van der Waals surface area contributed by atoms with Gasteiger partial charge in [-0.3, -0.25) is 9.59 Å². The molecule has 27 heavy (non-hydrogen) atoms. The van der Waals surface area contributed by atoms with Crippen molar-refractivity contribution in [3.05, 3.63) is 29.8 Å². The Morgan fingerprint density at radius 2 is 1.89 bits per heavy atom. The highest BCUT2D eigenvalue weighted by Crippen LogP contribution is 2.23. The number of rotatable bonds is 8. The number of methoxy groups -OCH3 is 1. The summed E-state index contributed by atoms with van der Waals surface area (Å²) in [5, 5.41) is 0. The fourth-order valence-corrected chi connectivity index (χ4v) is 3.68. The molecule has 0 bridgehead atoms. The molecular formula is C22H33NO4. The van der Waals surface area contributed by atoms with Gasteiger partial charge in [0, 0.05) is 12.6 Å². The second-order valence-electron chi connectivity index (χ2n) is 7.41. The van der Waals surface area contributed by atoms with E-state index in [1.807, 2.05) is 36.1 Å².